The van der Waals surface area contributed by atoms with Crippen LogP contribution in [0.25, 0.3) is 0 Å². The minimum atomic E-state index is 0.647. The molecule has 6 nitrogen and oxygen atoms in total. The van der Waals surface area contributed by atoms with Gasteiger partial charge in [-0.05, 0) is 37.5 Å². The molecule has 0 atom stereocenters. The summed E-state index contributed by atoms with van der Waals surface area (Å²) < 4.78 is 10.5. The maximum Gasteiger partial charge on any atom is 0.193 e. The van der Waals surface area contributed by atoms with E-state index in [9.17, 15) is 0 Å². The summed E-state index contributed by atoms with van der Waals surface area (Å²) in [7, 11) is 3.56. The molecule has 2 fully saturated rings. The lowest BCUT2D eigenvalue weighted by Crippen LogP contribution is -2.55. The van der Waals surface area contributed by atoms with Crippen molar-refractivity contribution in [1.29, 1.82) is 0 Å². The topological polar surface area (TPSA) is 49.3 Å². The van der Waals surface area contributed by atoms with Crippen molar-refractivity contribution in [2.45, 2.75) is 45.6 Å². The molecule has 2 aliphatic rings. The first-order valence-corrected chi connectivity index (χ1v) is 10.4. The van der Waals surface area contributed by atoms with Crippen molar-refractivity contribution in [3.8, 4) is 0 Å². The van der Waals surface area contributed by atoms with Crippen LogP contribution in [0.3, 0.4) is 0 Å². The standard InChI is InChI=1S/C20H40N4O2/c1-17(2)18-5-7-19(8-6-18)23-10-12-24(13-11-23)20(21-3)22-9-14-26-16-15-25-4/h17-19H,5-16H2,1-4H3,(H,21,22). The maximum atomic E-state index is 5.51. The van der Waals surface area contributed by atoms with Gasteiger partial charge in [0.1, 0.15) is 0 Å². The molecule has 0 aromatic carbocycles. The number of aliphatic imine (C=N–C) groups is 1. The van der Waals surface area contributed by atoms with Gasteiger partial charge in [-0.2, -0.15) is 0 Å². The van der Waals surface area contributed by atoms with Crippen LogP contribution in [0.4, 0.5) is 0 Å². The van der Waals surface area contributed by atoms with Crippen molar-refractivity contribution in [2.24, 2.45) is 16.8 Å². The molecule has 26 heavy (non-hydrogen) atoms. The Labute approximate surface area is 160 Å². The van der Waals surface area contributed by atoms with Gasteiger partial charge < -0.3 is 19.7 Å². The molecule has 0 spiro atoms. The first-order chi connectivity index (χ1) is 12.7. The summed E-state index contributed by atoms with van der Waals surface area (Å²) in [5, 5.41) is 3.42. The molecular formula is C20H40N4O2. The molecule has 1 N–H and O–H groups in total. The highest BCUT2D eigenvalue weighted by Crippen LogP contribution is 2.32. The van der Waals surface area contributed by atoms with Gasteiger partial charge >= 0.3 is 0 Å². The summed E-state index contributed by atoms with van der Waals surface area (Å²) in [5.74, 6) is 2.80. The zero-order valence-electron chi connectivity index (χ0n) is 17.4. The summed E-state index contributed by atoms with van der Waals surface area (Å²) >= 11 is 0. The van der Waals surface area contributed by atoms with Gasteiger partial charge in [0.25, 0.3) is 0 Å². The summed E-state index contributed by atoms with van der Waals surface area (Å²) in [6, 6.07) is 0.802. The minimum Gasteiger partial charge on any atom is -0.382 e. The van der Waals surface area contributed by atoms with Gasteiger partial charge in [-0.1, -0.05) is 13.8 Å². The molecule has 0 unspecified atom stereocenters. The lowest BCUT2D eigenvalue weighted by molar-refractivity contribution is 0.0721. The lowest BCUT2D eigenvalue weighted by atomic mass is 9.79. The number of hydrogen-bond acceptors (Lipinski definition) is 4. The van der Waals surface area contributed by atoms with Crippen molar-refractivity contribution in [3.63, 3.8) is 0 Å². The molecule has 0 aromatic rings. The molecule has 1 aliphatic carbocycles. The molecule has 1 aliphatic heterocycles. The Morgan fingerprint density at radius 1 is 1.04 bits per heavy atom. The highest BCUT2D eigenvalue weighted by Gasteiger charge is 2.29. The summed E-state index contributed by atoms with van der Waals surface area (Å²) in [4.78, 5) is 9.54. The summed E-state index contributed by atoms with van der Waals surface area (Å²) in [6.07, 6.45) is 5.59. The normalized spacial score (nSPS) is 25.7. The Hall–Kier alpha value is -0.850. The number of ether oxygens (including phenoxy) is 2. The predicted molar refractivity (Wildman–Crippen MR) is 108 cm³/mol. The van der Waals surface area contributed by atoms with E-state index in [1.165, 1.54) is 25.7 Å². The Morgan fingerprint density at radius 2 is 1.73 bits per heavy atom. The quantitative estimate of drug-likeness (QED) is 0.404. The second-order valence-corrected chi connectivity index (χ2v) is 7.91. The van der Waals surface area contributed by atoms with Crippen LogP contribution in [0.5, 0.6) is 0 Å². The van der Waals surface area contributed by atoms with Crippen molar-refractivity contribution >= 4 is 5.96 Å². The average molecular weight is 369 g/mol. The minimum absolute atomic E-state index is 0.647. The largest absolute Gasteiger partial charge is 0.382 e. The maximum absolute atomic E-state index is 5.51. The van der Waals surface area contributed by atoms with E-state index in [2.05, 4.69) is 34.0 Å². The van der Waals surface area contributed by atoms with Crippen molar-refractivity contribution in [3.05, 3.63) is 0 Å². The monoisotopic (exact) mass is 368 g/mol. The van der Waals surface area contributed by atoms with Crippen LogP contribution in [0.15, 0.2) is 4.99 Å². The van der Waals surface area contributed by atoms with Gasteiger partial charge in [-0.25, -0.2) is 0 Å². The number of rotatable bonds is 8. The molecule has 0 radical (unpaired) electrons. The van der Waals surface area contributed by atoms with Gasteiger partial charge in [-0.15, -0.1) is 0 Å². The fourth-order valence-electron chi connectivity index (χ4n) is 4.24. The summed E-state index contributed by atoms with van der Waals surface area (Å²) in [6.45, 7) is 12.0. The highest BCUT2D eigenvalue weighted by atomic mass is 16.5. The molecule has 1 heterocycles. The van der Waals surface area contributed by atoms with E-state index in [4.69, 9.17) is 9.47 Å². The fraction of sp³-hybridized carbons (Fsp3) is 0.950. The Morgan fingerprint density at radius 3 is 2.31 bits per heavy atom. The van der Waals surface area contributed by atoms with Gasteiger partial charge in [0, 0.05) is 52.9 Å². The summed E-state index contributed by atoms with van der Waals surface area (Å²) in [5.41, 5.74) is 0. The molecule has 0 amide bonds. The van der Waals surface area contributed by atoms with E-state index in [0.717, 1.165) is 56.6 Å². The SMILES string of the molecule is CN=C(NCCOCCOC)N1CCN(C2CCC(C(C)C)CC2)CC1. The van der Waals surface area contributed by atoms with Crippen LogP contribution in [0.2, 0.25) is 0 Å². The first-order valence-electron chi connectivity index (χ1n) is 10.4. The van der Waals surface area contributed by atoms with Crippen LogP contribution in [-0.4, -0.2) is 88.5 Å². The van der Waals surface area contributed by atoms with Crippen molar-refractivity contribution < 1.29 is 9.47 Å². The number of guanidine groups is 1. The van der Waals surface area contributed by atoms with E-state index in [-0.39, 0.29) is 0 Å². The Bertz CT molecular complexity index is 401. The lowest BCUT2D eigenvalue weighted by Gasteiger charge is -2.43. The van der Waals surface area contributed by atoms with Crippen molar-refractivity contribution in [2.75, 3.05) is 66.7 Å². The van der Waals surface area contributed by atoms with Crippen LogP contribution >= 0.6 is 0 Å². The number of nitrogens with zero attached hydrogens (tertiary/aromatic N) is 3. The van der Waals surface area contributed by atoms with Gasteiger partial charge in [0.2, 0.25) is 0 Å². The molecular weight excluding hydrogens is 328 g/mol. The zero-order valence-corrected chi connectivity index (χ0v) is 17.4. The molecule has 1 saturated carbocycles. The van der Waals surface area contributed by atoms with Crippen molar-refractivity contribution in [1.82, 2.24) is 15.1 Å². The fourth-order valence-corrected chi connectivity index (χ4v) is 4.24. The number of hydrogen-bond donors (Lipinski definition) is 1. The van der Waals surface area contributed by atoms with Crippen LogP contribution in [-0.2, 0) is 9.47 Å². The predicted octanol–water partition coefficient (Wildman–Crippen LogP) is 2.06. The van der Waals surface area contributed by atoms with Gasteiger partial charge in [0.05, 0.1) is 19.8 Å². The smallest absolute Gasteiger partial charge is 0.193 e. The second kappa shape index (κ2) is 11.8. The van der Waals surface area contributed by atoms with E-state index < -0.39 is 0 Å². The average Bonchev–Trinajstić information content (AvgIpc) is 2.68. The number of nitrogens with one attached hydrogen (secondary N) is 1. The van der Waals surface area contributed by atoms with E-state index in [1.807, 2.05) is 7.05 Å². The zero-order chi connectivity index (χ0) is 18.8. The molecule has 1 saturated heterocycles. The highest BCUT2D eigenvalue weighted by molar-refractivity contribution is 5.79. The Kier molecular flexibility index (Phi) is 9.72. The number of methoxy groups -OCH3 is 1. The molecule has 6 heteroatoms. The molecule has 2 rings (SSSR count). The van der Waals surface area contributed by atoms with Crippen LogP contribution in [0.1, 0.15) is 39.5 Å². The van der Waals surface area contributed by atoms with E-state index in [1.54, 1.807) is 7.11 Å². The first kappa shape index (κ1) is 21.5. The van der Waals surface area contributed by atoms with E-state index >= 15 is 0 Å². The second-order valence-electron chi connectivity index (χ2n) is 7.91. The molecule has 0 aromatic heterocycles. The third-order valence-corrected chi connectivity index (χ3v) is 5.99. The van der Waals surface area contributed by atoms with Crippen LogP contribution in [0, 0.1) is 11.8 Å². The number of piperazine rings is 1. The van der Waals surface area contributed by atoms with E-state index in [0.29, 0.717) is 19.8 Å². The van der Waals surface area contributed by atoms with Crippen LogP contribution < -0.4 is 5.32 Å². The molecule has 0 bridgehead atoms. The van der Waals surface area contributed by atoms with Gasteiger partial charge in [-0.3, -0.25) is 9.89 Å². The molecule has 152 valence electrons. The third kappa shape index (κ3) is 6.71. The van der Waals surface area contributed by atoms with Gasteiger partial charge in [0.15, 0.2) is 5.96 Å². The Balaban J connectivity index is 1.65. The third-order valence-electron chi connectivity index (χ3n) is 5.99.